The molecule has 0 spiro atoms. The van der Waals surface area contributed by atoms with E-state index in [1.807, 2.05) is 6.92 Å². The molecule has 0 saturated carbocycles. The van der Waals surface area contributed by atoms with Crippen LogP contribution < -0.4 is 10.9 Å². The second kappa shape index (κ2) is 10.4. The Bertz CT molecular complexity index is 910. The number of carbonyl (C=O) groups excluding carboxylic acids is 1. The van der Waals surface area contributed by atoms with E-state index in [-0.39, 0.29) is 23.6 Å². The number of rotatable bonds is 9. The summed E-state index contributed by atoms with van der Waals surface area (Å²) in [6, 6.07) is 1.80. The first-order chi connectivity index (χ1) is 14.5. The summed E-state index contributed by atoms with van der Waals surface area (Å²) in [5, 5.41) is 2.98. The molecule has 2 aromatic rings. The topological polar surface area (TPSA) is 89.3 Å². The van der Waals surface area contributed by atoms with Crippen LogP contribution in [0.25, 0.3) is 0 Å². The third-order valence-corrected chi connectivity index (χ3v) is 5.51. The summed E-state index contributed by atoms with van der Waals surface area (Å²) in [5.74, 6) is 0.102. The second-order valence-corrected chi connectivity index (χ2v) is 7.97. The van der Waals surface area contributed by atoms with Crippen LogP contribution in [0.3, 0.4) is 0 Å². The van der Waals surface area contributed by atoms with E-state index in [0.717, 1.165) is 44.8 Å². The number of likely N-dealkylation sites (tertiary alicyclic amines) is 1. The van der Waals surface area contributed by atoms with Gasteiger partial charge in [-0.15, -0.1) is 0 Å². The van der Waals surface area contributed by atoms with Gasteiger partial charge in [0.2, 0.25) is 0 Å². The Labute approximate surface area is 177 Å². The first-order valence-electron chi connectivity index (χ1n) is 10.4. The minimum atomic E-state index is -0.306. The maximum absolute atomic E-state index is 12.9. The highest BCUT2D eigenvalue weighted by Gasteiger charge is 2.23. The molecule has 1 saturated heterocycles. The zero-order valence-electron chi connectivity index (χ0n) is 18.1. The maximum Gasteiger partial charge on any atom is 0.264 e. The normalized spacial score (nSPS) is 16.7. The standard InChI is InChI=1S/C22H31N5O3/c1-16-5-9-27(15-19-13-23-17(2)11-24-19)22(29)20(16)21(28)25-12-18-6-8-26(14-18)7-4-10-30-3/h5,9,11,13,18H,4,6-8,10,12,14-15H2,1-3H3,(H,25,28). The van der Waals surface area contributed by atoms with Gasteiger partial charge in [0.1, 0.15) is 5.56 Å². The summed E-state index contributed by atoms with van der Waals surface area (Å²) >= 11 is 0. The smallest absolute Gasteiger partial charge is 0.264 e. The number of ether oxygens (including phenoxy) is 1. The number of amides is 1. The molecule has 0 aromatic carbocycles. The zero-order valence-corrected chi connectivity index (χ0v) is 18.1. The van der Waals surface area contributed by atoms with Crippen molar-refractivity contribution in [1.82, 2.24) is 24.8 Å². The zero-order chi connectivity index (χ0) is 21.5. The van der Waals surface area contributed by atoms with E-state index in [0.29, 0.717) is 23.7 Å². The molecule has 8 nitrogen and oxygen atoms in total. The van der Waals surface area contributed by atoms with E-state index in [9.17, 15) is 9.59 Å². The number of carbonyl (C=O) groups is 1. The highest BCUT2D eigenvalue weighted by Crippen LogP contribution is 2.15. The second-order valence-electron chi connectivity index (χ2n) is 7.97. The predicted octanol–water partition coefficient (Wildman–Crippen LogP) is 1.39. The predicted molar refractivity (Wildman–Crippen MR) is 115 cm³/mol. The summed E-state index contributed by atoms with van der Waals surface area (Å²) in [4.78, 5) is 36.6. The van der Waals surface area contributed by atoms with Gasteiger partial charge in [-0.25, -0.2) is 0 Å². The lowest BCUT2D eigenvalue weighted by Crippen LogP contribution is -2.37. The van der Waals surface area contributed by atoms with Crippen LogP contribution >= 0.6 is 0 Å². The molecule has 3 rings (SSSR count). The molecular weight excluding hydrogens is 382 g/mol. The Morgan fingerprint density at radius 1 is 1.30 bits per heavy atom. The van der Waals surface area contributed by atoms with Gasteiger partial charge in [-0.2, -0.15) is 0 Å². The Balaban J connectivity index is 1.60. The molecule has 1 fully saturated rings. The van der Waals surface area contributed by atoms with E-state index in [4.69, 9.17) is 4.74 Å². The first-order valence-corrected chi connectivity index (χ1v) is 10.4. The summed E-state index contributed by atoms with van der Waals surface area (Å²) in [5.41, 5.74) is 2.07. The fraction of sp³-hybridized carbons (Fsp3) is 0.545. The van der Waals surface area contributed by atoms with Crippen molar-refractivity contribution in [3.63, 3.8) is 0 Å². The monoisotopic (exact) mass is 413 g/mol. The van der Waals surface area contributed by atoms with Gasteiger partial charge in [-0.05, 0) is 50.8 Å². The van der Waals surface area contributed by atoms with Crippen LogP contribution in [-0.2, 0) is 11.3 Å². The average Bonchev–Trinajstić information content (AvgIpc) is 3.18. The van der Waals surface area contributed by atoms with Gasteiger partial charge in [0.05, 0.1) is 24.1 Å². The SMILES string of the molecule is COCCCN1CCC(CNC(=O)c2c(C)ccn(Cc3cnc(C)cn3)c2=O)C1. The number of nitrogens with one attached hydrogen (secondary N) is 1. The third kappa shape index (κ3) is 5.73. The van der Waals surface area contributed by atoms with Crippen LogP contribution in [-0.4, -0.2) is 65.2 Å². The lowest BCUT2D eigenvalue weighted by Gasteiger charge is -2.16. The lowest BCUT2D eigenvalue weighted by atomic mass is 10.1. The van der Waals surface area contributed by atoms with Crippen LogP contribution in [0.15, 0.2) is 29.5 Å². The molecule has 1 unspecified atom stereocenters. The quantitative estimate of drug-likeness (QED) is 0.625. The van der Waals surface area contributed by atoms with Gasteiger partial charge >= 0.3 is 0 Å². The molecule has 2 aromatic heterocycles. The maximum atomic E-state index is 12.9. The van der Waals surface area contributed by atoms with Crippen molar-refractivity contribution in [2.45, 2.75) is 33.2 Å². The largest absolute Gasteiger partial charge is 0.385 e. The van der Waals surface area contributed by atoms with Crippen molar-refractivity contribution in [3.05, 3.63) is 57.5 Å². The van der Waals surface area contributed by atoms with Gasteiger partial charge in [-0.3, -0.25) is 19.6 Å². The van der Waals surface area contributed by atoms with Crippen LogP contribution in [0.1, 0.15) is 40.2 Å². The molecule has 0 radical (unpaired) electrons. The van der Waals surface area contributed by atoms with E-state index in [1.54, 1.807) is 38.7 Å². The molecule has 8 heteroatoms. The fourth-order valence-electron chi connectivity index (χ4n) is 3.78. The van der Waals surface area contributed by atoms with E-state index >= 15 is 0 Å². The van der Waals surface area contributed by atoms with Gasteiger partial charge < -0.3 is 19.5 Å². The highest BCUT2D eigenvalue weighted by molar-refractivity contribution is 5.95. The number of aryl methyl sites for hydroxylation is 2. The number of methoxy groups -OCH3 is 1. The van der Waals surface area contributed by atoms with Gasteiger partial charge in [0, 0.05) is 45.7 Å². The van der Waals surface area contributed by atoms with Crippen LogP contribution in [0.5, 0.6) is 0 Å². The number of nitrogens with zero attached hydrogens (tertiary/aromatic N) is 4. The van der Waals surface area contributed by atoms with Crippen molar-refractivity contribution in [2.75, 3.05) is 39.9 Å². The summed E-state index contributed by atoms with van der Waals surface area (Å²) < 4.78 is 6.62. The Morgan fingerprint density at radius 2 is 2.13 bits per heavy atom. The van der Waals surface area contributed by atoms with Crippen molar-refractivity contribution in [1.29, 1.82) is 0 Å². The van der Waals surface area contributed by atoms with E-state index in [1.165, 1.54) is 4.57 Å². The first kappa shape index (κ1) is 22.1. The van der Waals surface area contributed by atoms with E-state index < -0.39 is 0 Å². The molecule has 0 aliphatic carbocycles. The number of pyridine rings is 1. The number of hydrogen-bond acceptors (Lipinski definition) is 6. The molecule has 1 aliphatic heterocycles. The Kier molecular flexibility index (Phi) is 7.70. The molecule has 1 N–H and O–H groups in total. The third-order valence-electron chi connectivity index (χ3n) is 5.51. The van der Waals surface area contributed by atoms with Crippen LogP contribution in [0, 0.1) is 19.8 Å². The summed E-state index contributed by atoms with van der Waals surface area (Å²) in [6.45, 7) is 8.31. The molecule has 1 amide bonds. The molecule has 1 atom stereocenters. The highest BCUT2D eigenvalue weighted by atomic mass is 16.5. The van der Waals surface area contributed by atoms with Gasteiger partial charge in [-0.1, -0.05) is 0 Å². The molecular formula is C22H31N5O3. The molecule has 3 heterocycles. The molecule has 0 bridgehead atoms. The van der Waals surface area contributed by atoms with Crippen molar-refractivity contribution < 1.29 is 9.53 Å². The molecule has 30 heavy (non-hydrogen) atoms. The minimum Gasteiger partial charge on any atom is -0.385 e. The van der Waals surface area contributed by atoms with Crippen LogP contribution in [0.2, 0.25) is 0 Å². The summed E-state index contributed by atoms with van der Waals surface area (Å²) in [6.07, 6.45) is 7.09. The molecule has 1 aliphatic rings. The number of aromatic nitrogens is 3. The van der Waals surface area contributed by atoms with Crippen molar-refractivity contribution in [3.8, 4) is 0 Å². The molecule has 162 valence electrons. The Morgan fingerprint density at radius 3 is 2.87 bits per heavy atom. The van der Waals surface area contributed by atoms with Crippen molar-refractivity contribution >= 4 is 5.91 Å². The fourth-order valence-corrected chi connectivity index (χ4v) is 3.78. The Hall–Kier alpha value is -2.58. The van der Waals surface area contributed by atoms with Crippen molar-refractivity contribution in [2.24, 2.45) is 5.92 Å². The van der Waals surface area contributed by atoms with Crippen LogP contribution in [0.4, 0.5) is 0 Å². The lowest BCUT2D eigenvalue weighted by molar-refractivity contribution is 0.0944. The van der Waals surface area contributed by atoms with Gasteiger partial charge in [0.15, 0.2) is 0 Å². The van der Waals surface area contributed by atoms with Gasteiger partial charge in [0.25, 0.3) is 11.5 Å². The number of hydrogen-bond donors (Lipinski definition) is 1. The van der Waals surface area contributed by atoms with E-state index in [2.05, 4.69) is 20.2 Å². The average molecular weight is 414 g/mol. The minimum absolute atomic E-state index is 0.201. The summed E-state index contributed by atoms with van der Waals surface area (Å²) in [7, 11) is 1.72.